The van der Waals surface area contributed by atoms with Crippen molar-refractivity contribution in [2.24, 2.45) is 0 Å². The molecule has 0 radical (unpaired) electrons. The number of ether oxygens (including phenoxy) is 1. The van der Waals surface area contributed by atoms with Crippen LogP contribution in [0.4, 0.5) is 11.4 Å². The Morgan fingerprint density at radius 1 is 1.13 bits per heavy atom. The third kappa shape index (κ3) is 3.76. The summed E-state index contributed by atoms with van der Waals surface area (Å²) in [5.41, 5.74) is 3.00. The van der Waals surface area contributed by atoms with Crippen molar-refractivity contribution in [3.05, 3.63) is 48.5 Å². The summed E-state index contributed by atoms with van der Waals surface area (Å²) >= 11 is 3.01. The molecule has 1 saturated heterocycles. The van der Waals surface area contributed by atoms with Crippen molar-refractivity contribution in [1.29, 1.82) is 0 Å². The topological polar surface area (TPSA) is 71.8 Å². The van der Waals surface area contributed by atoms with Gasteiger partial charge in [-0.25, -0.2) is 0 Å². The fraction of sp³-hybridized carbons (Fsp3) is 0.286. The van der Waals surface area contributed by atoms with Gasteiger partial charge in [0.05, 0.1) is 28.7 Å². The highest BCUT2D eigenvalue weighted by atomic mass is 32.2. The number of nitrogens with one attached hydrogen (secondary N) is 1. The number of rotatable bonds is 5. The summed E-state index contributed by atoms with van der Waals surface area (Å²) in [6.45, 7) is 5.18. The van der Waals surface area contributed by atoms with Crippen LogP contribution in [0.3, 0.4) is 0 Å². The van der Waals surface area contributed by atoms with Crippen LogP contribution in [-0.4, -0.2) is 52.1 Å². The maximum Gasteiger partial charge on any atom is 0.237 e. The molecule has 5 rings (SSSR count). The molecule has 1 aliphatic heterocycles. The Bertz CT molecular complexity index is 1180. The molecule has 1 amide bonds. The molecule has 0 unspecified atom stereocenters. The number of fused-ring (bicyclic) bond motifs is 3. The number of carbonyl (C=O) groups is 1. The molecule has 9 heteroatoms. The van der Waals surface area contributed by atoms with E-state index in [1.54, 1.807) is 11.3 Å². The molecule has 7 nitrogen and oxygen atoms in total. The highest BCUT2D eigenvalue weighted by molar-refractivity contribution is 8.00. The van der Waals surface area contributed by atoms with E-state index in [-0.39, 0.29) is 11.2 Å². The monoisotopic (exact) mass is 439 g/mol. The highest BCUT2D eigenvalue weighted by Crippen LogP contribution is 2.31. The van der Waals surface area contributed by atoms with Gasteiger partial charge in [-0.2, -0.15) is 0 Å². The van der Waals surface area contributed by atoms with Crippen molar-refractivity contribution in [1.82, 2.24) is 14.6 Å². The third-order valence-electron chi connectivity index (χ3n) is 5.07. The molecular weight excluding hydrogens is 418 g/mol. The zero-order chi connectivity index (χ0) is 20.5. The summed E-state index contributed by atoms with van der Waals surface area (Å²) < 4.78 is 8.57. The first-order chi connectivity index (χ1) is 14.7. The lowest BCUT2D eigenvalue weighted by atomic mass is 10.2. The Balaban J connectivity index is 1.27. The van der Waals surface area contributed by atoms with E-state index in [1.807, 2.05) is 53.8 Å². The number of thiazole rings is 1. The molecule has 1 atom stereocenters. The molecule has 1 aliphatic rings. The standard InChI is InChI=1S/C21H21N5O2S2/c1-14(29-20-23-24-21-26(20)17-4-2-3-5-18(17)30-21)19(27)22-15-6-8-16(9-7-15)25-10-12-28-13-11-25/h2-9,14H,10-13H2,1H3,(H,22,27)/t14-/m0/s1. The van der Waals surface area contributed by atoms with Crippen LogP contribution in [-0.2, 0) is 9.53 Å². The van der Waals surface area contributed by atoms with Crippen LogP contribution in [0.25, 0.3) is 15.2 Å². The first kappa shape index (κ1) is 19.3. The van der Waals surface area contributed by atoms with E-state index < -0.39 is 0 Å². The largest absolute Gasteiger partial charge is 0.378 e. The molecular formula is C21H21N5O2S2. The SMILES string of the molecule is C[C@H](Sc1nnc2sc3ccccc3n12)C(=O)Nc1ccc(N2CCOCC2)cc1. The molecule has 2 aromatic heterocycles. The van der Waals surface area contributed by atoms with Gasteiger partial charge in [0.2, 0.25) is 10.9 Å². The number of morpholine rings is 1. The number of carbonyl (C=O) groups excluding carboxylic acids is 1. The number of anilines is 2. The summed E-state index contributed by atoms with van der Waals surface area (Å²) in [5.74, 6) is -0.0598. The molecule has 2 aromatic carbocycles. The second-order valence-electron chi connectivity index (χ2n) is 7.07. The smallest absolute Gasteiger partial charge is 0.237 e. The van der Waals surface area contributed by atoms with Gasteiger partial charge in [0.25, 0.3) is 0 Å². The first-order valence-electron chi connectivity index (χ1n) is 9.82. The Morgan fingerprint density at radius 3 is 2.70 bits per heavy atom. The van der Waals surface area contributed by atoms with Crippen molar-refractivity contribution < 1.29 is 9.53 Å². The van der Waals surface area contributed by atoms with Gasteiger partial charge in [-0.3, -0.25) is 9.20 Å². The van der Waals surface area contributed by atoms with Crippen LogP contribution in [0.15, 0.2) is 53.7 Å². The predicted octanol–water partition coefficient (Wildman–Crippen LogP) is 3.90. The summed E-state index contributed by atoms with van der Waals surface area (Å²) in [5, 5.41) is 12.0. The quantitative estimate of drug-likeness (QED) is 0.476. The molecule has 3 heterocycles. The normalized spacial score (nSPS) is 15.6. The zero-order valence-electron chi connectivity index (χ0n) is 16.4. The molecule has 4 aromatic rings. The lowest BCUT2D eigenvalue weighted by molar-refractivity contribution is -0.115. The zero-order valence-corrected chi connectivity index (χ0v) is 18.1. The average Bonchev–Trinajstić information content (AvgIpc) is 3.34. The second-order valence-corrected chi connectivity index (χ2v) is 9.38. The van der Waals surface area contributed by atoms with E-state index in [4.69, 9.17) is 4.74 Å². The minimum absolute atomic E-state index is 0.0598. The van der Waals surface area contributed by atoms with E-state index in [0.29, 0.717) is 0 Å². The molecule has 154 valence electrons. The Kier molecular flexibility index (Phi) is 5.32. The van der Waals surface area contributed by atoms with Crippen molar-refractivity contribution in [3.63, 3.8) is 0 Å². The Labute approximate surface area is 182 Å². The number of aromatic nitrogens is 3. The maximum absolute atomic E-state index is 12.7. The molecule has 0 spiro atoms. The summed E-state index contributed by atoms with van der Waals surface area (Å²) in [6, 6.07) is 16.1. The summed E-state index contributed by atoms with van der Waals surface area (Å²) in [4.78, 5) is 15.9. The van der Waals surface area contributed by atoms with E-state index in [1.165, 1.54) is 11.8 Å². The van der Waals surface area contributed by atoms with E-state index in [0.717, 1.165) is 58.0 Å². The van der Waals surface area contributed by atoms with E-state index >= 15 is 0 Å². The molecule has 1 fully saturated rings. The van der Waals surface area contributed by atoms with Crippen LogP contribution < -0.4 is 10.2 Å². The van der Waals surface area contributed by atoms with E-state index in [9.17, 15) is 4.79 Å². The molecule has 30 heavy (non-hydrogen) atoms. The number of hydrogen-bond acceptors (Lipinski definition) is 7. The Morgan fingerprint density at radius 2 is 1.90 bits per heavy atom. The Hall–Kier alpha value is -2.62. The number of para-hydroxylation sites is 1. The fourth-order valence-corrected chi connectivity index (χ4v) is 5.35. The third-order valence-corrected chi connectivity index (χ3v) is 7.13. The van der Waals surface area contributed by atoms with Crippen molar-refractivity contribution in [2.45, 2.75) is 17.3 Å². The van der Waals surface area contributed by atoms with Crippen LogP contribution >= 0.6 is 23.1 Å². The van der Waals surface area contributed by atoms with Gasteiger partial charge < -0.3 is 15.0 Å². The van der Waals surface area contributed by atoms with Crippen molar-refractivity contribution >= 4 is 55.6 Å². The van der Waals surface area contributed by atoms with E-state index in [2.05, 4.69) is 26.5 Å². The van der Waals surface area contributed by atoms with Gasteiger partial charge in [-0.05, 0) is 43.3 Å². The van der Waals surface area contributed by atoms with Crippen LogP contribution in [0, 0.1) is 0 Å². The maximum atomic E-state index is 12.7. The van der Waals surface area contributed by atoms with Gasteiger partial charge in [0, 0.05) is 24.5 Å². The van der Waals surface area contributed by atoms with Gasteiger partial charge >= 0.3 is 0 Å². The van der Waals surface area contributed by atoms with Crippen molar-refractivity contribution in [3.8, 4) is 0 Å². The van der Waals surface area contributed by atoms with Crippen LogP contribution in [0.2, 0.25) is 0 Å². The number of thioether (sulfide) groups is 1. The lowest BCUT2D eigenvalue weighted by Crippen LogP contribution is -2.36. The number of benzene rings is 2. The lowest BCUT2D eigenvalue weighted by Gasteiger charge is -2.28. The second kappa shape index (κ2) is 8.25. The van der Waals surface area contributed by atoms with Gasteiger partial charge in [-0.1, -0.05) is 35.2 Å². The fourth-order valence-electron chi connectivity index (χ4n) is 3.46. The minimum Gasteiger partial charge on any atom is -0.378 e. The number of hydrogen-bond donors (Lipinski definition) is 1. The van der Waals surface area contributed by atoms with Crippen LogP contribution in [0.1, 0.15) is 6.92 Å². The van der Waals surface area contributed by atoms with Gasteiger partial charge in [0.15, 0.2) is 5.16 Å². The van der Waals surface area contributed by atoms with Gasteiger partial charge in [-0.15, -0.1) is 10.2 Å². The summed E-state index contributed by atoms with van der Waals surface area (Å²) in [7, 11) is 0. The molecule has 0 aliphatic carbocycles. The molecule has 0 bridgehead atoms. The number of amides is 1. The number of nitrogens with zero attached hydrogens (tertiary/aromatic N) is 4. The first-order valence-corrected chi connectivity index (χ1v) is 11.5. The predicted molar refractivity (Wildman–Crippen MR) is 122 cm³/mol. The minimum atomic E-state index is -0.310. The van der Waals surface area contributed by atoms with Gasteiger partial charge in [0.1, 0.15) is 0 Å². The van der Waals surface area contributed by atoms with Crippen LogP contribution in [0.5, 0.6) is 0 Å². The molecule has 0 saturated carbocycles. The van der Waals surface area contributed by atoms with Crippen molar-refractivity contribution in [2.75, 3.05) is 36.5 Å². The highest BCUT2D eigenvalue weighted by Gasteiger charge is 2.20. The molecule has 1 N–H and O–H groups in total. The average molecular weight is 440 g/mol. The summed E-state index contributed by atoms with van der Waals surface area (Å²) in [6.07, 6.45) is 0.